The molecule has 1 spiro atoms. The maximum absolute atomic E-state index is 17.1. The number of hydrogen-bond donors (Lipinski definition) is 1. The Balaban J connectivity index is 1.13. The summed E-state index contributed by atoms with van der Waals surface area (Å²) in [6, 6.07) is 8.58. The molecule has 0 bridgehead atoms. The molecule has 8 nitrogen and oxygen atoms in total. The molecule has 5 heterocycles. The Labute approximate surface area is 302 Å². The van der Waals surface area contributed by atoms with Crippen molar-refractivity contribution in [3.8, 4) is 35.2 Å². The normalized spacial score (nSPS) is 26.0. The van der Waals surface area contributed by atoms with E-state index >= 15 is 4.39 Å². The second kappa shape index (κ2) is 12.2. The number of hydrogen-bond acceptors (Lipinski definition) is 7. The van der Waals surface area contributed by atoms with Crippen molar-refractivity contribution in [1.82, 2.24) is 19.8 Å². The first kappa shape index (κ1) is 34.1. The highest BCUT2D eigenvalue weighted by Gasteiger charge is 2.64. The minimum absolute atomic E-state index is 0.0325. The third-order valence-corrected chi connectivity index (χ3v) is 12.2. The van der Waals surface area contributed by atoms with Gasteiger partial charge in [0.25, 0.3) is 5.92 Å². The van der Waals surface area contributed by atoms with Gasteiger partial charge in [0.2, 0.25) is 5.91 Å². The first-order chi connectivity index (χ1) is 25.4. The number of likely N-dealkylation sites (tertiary alicyclic amines) is 1. The van der Waals surface area contributed by atoms with Crippen molar-refractivity contribution in [2.24, 2.45) is 11.3 Å². The van der Waals surface area contributed by atoms with E-state index in [0.717, 1.165) is 38.6 Å². The Morgan fingerprint density at radius 1 is 1.00 bits per heavy atom. The summed E-state index contributed by atoms with van der Waals surface area (Å²) in [7, 11) is 0. The van der Waals surface area contributed by atoms with Crippen molar-refractivity contribution in [2.45, 2.75) is 62.6 Å². The standard InChI is InChI=1S/C40H38F5N5O3/c1-2-26-31(42)9-6-23-14-25(51)15-29(32(23)26)27-7-8-28-34(33(27)43)46-37(53-22-39-11-5-13-50(39)18-24(41)16-39)47-35(28)48-12-4-3-10-38(19-48)20-49(21-38)36(52)30-17-40(30,44)45/h1,6-9,14-15,24,30,51H,3-5,10-13,16-22H2/t24-,30+,39+/m1/s1. The number of terminal acetylenes is 1. The predicted molar refractivity (Wildman–Crippen MR) is 189 cm³/mol. The molecule has 1 amide bonds. The number of phenols is 1. The van der Waals surface area contributed by atoms with E-state index in [-0.39, 0.29) is 51.4 Å². The highest BCUT2D eigenvalue weighted by Crippen LogP contribution is 2.52. The van der Waals surface area contributed by atoms with Crippen LogP contribution in [-0.4, -0.2) is 94.3 Å². The predicted octanol–water partition coefficient (Wildman–Crippen LogP) is 6.84. The SMILES string of the molecule is C#Cc1c(F)ccc2cc(O)cc(-c3ccc4c(N5CCCCC6(CN(C(=O)[C@@H]7CC7(F)F)C6)C5)nc(OC[C@@]56CCCN5C[C@H](F)C6)nc4c3F)c12. The topological polar surface area (TPSA) is 82.0 Å². The van der Waals surface area contributed by atoms with E-state index in [0.29, 0.717) is 55.7 Å². The Hall–Kier alpha value is -4.70. The summed E-state index contributed by atoms with van der Waals surface area (Å²) in [6.45, 7) is 2.93. The highest BCUT2D eigenvalue weighted by atomic mass is 19.3. The third kappa shape index (κ3) is 5.63. The van der Waals surface area contributed by atoms with Gasteiger partial charge in [-0.1, -0.05) is 24.5 Å². The second-order valence-electron chi connectivity index (χ2n) is 15.8. The van der Waals surface area contributed by atoms with Crippen molar-refractivity contribution in [1.29, 1.82) is 0 Å². The largest absolute Gasteiger partial charge is 0.508 e. The van der Waals surface area contributed by atoms with Crippen LogP contribution in [0.1, 0.15) is 50.5 Å². The highest BCUT2D eigenvalue weighted by molar-refractivity contribution is 6.04. The maximum Gasteiger partial charge on any atom is 0.319 e. The van der Waals surface area contributed by atoms with Gasteiger partial charge in [0.1, 0.15) is 41.6 Å². The first-order valence-electron chi connectivity index (χ1n) is 18.3. The number of phenolic OH excluding ortho intramolecular Hbond substituents is 1. The van der Waals surface area contributed by atoms with Crippen LogP contribution in [0.25, 0.3) is 32.8 Å². The molecule has 4 aliphatic heterocycles. The molecule has 13 heteroatoms. The smallest absolute Gasteiger partial charge is 0.319 e. The molecule has 0 unspecified atom stereocenters. The number of carbonyl (C=O) groups excluding carboxylic acids is 1. The number of anilines is 1. The van der Waals surface area contributed by atoms with E-state index in [2.05, 4.69) is 15.8 Å². The van der Waals surface area contributed by atoms with Crippen LogP contribution in [0.15, 0.2) is 36.4 Å². The van der Waals surface area contributed by atoms with E-state index in [1.54, 1.807) is 6.07 Å². The minimum Gasteiger partial charge on any atom is -0.508 e. The van der Waals surface area contributed by atoms with Crippen molar-refractivity contribution in [2.75, 3.05) is 50.8 Å². The number of aromatic nitrogens is 2. The molecule has 1 N–H and O–H groups in total. The number of fused-ring (bicyclic) bond motifs is 3. The zero-order valence-corrected chi connectivity index (χ0v) is 29.0. The number of amides is 1. The number of carbonyl (C=O) groups is 1. The second-order valence-corrected chi connectivity index (χ2v) is 15.8. The van der Waals surface area contributed by atoms with E-state index in [9.17, 15) is 27.5 Å². The summed E-state index contributed by atoms with van der Waals surface area (Å²) < 4.78 is 80.5. The van der Waals surface area contributed by atoms with Gasteiger partial charge in [0.15, 0.2) is 5.82 Å². The molecule has 9 rings (SSSR count). The molecule has 5 fully saturated rings. The van der Waals surface area contributed by atoms with Gasteiger partial charge in [-0.15, -0.1) is 6.42 Å². The fourth-order valence-corrected chi connectivity index (χ4v) is 9.49. The summed E-state index contributed by atoms with van der Waals surface area (Å²) in [6.07, 6.45) is 8.74. The number of nitrogens with zero attached hydrogens (tertiary/aromatic N) is 5. The molecule has 276 valence electrons. The van der Waals surface area contributed by atoms with Crippen molar-refractivity contribution < 1.29 is 36.6 Å². The number of halogens is 5. The van der Waals surface area contributed by atoms with Crippen LogP contribution < -0.4 is 9.64 Å². The lowest BCUT2D eigenvalue weighted by molar-refractivity contribution is -0.147. The summed E-state index contributed by atoms with van der Waals surface area (Å²) >= 11 is 0. The van der Waals surface area contributed by atoms with Crippen LogP contribution in [0.4, 0.5) is 27.8 Å². The fourth-order valence-electron chi connectivity index (χ4n) is 9.49. The molecule has 1 saturated carbocycles. The van der Waals surface area contributed by atoms with E-state index in [4.69, 9.17) is 16.1 Å². The van der Waals surface area contributed by atoms with E-state index in [1.165, 1.54) is 35.2 Å². The molecular weight excluding hydrogens is 693 g/mol. The van der Waals surface area contributed by atoms with Crippen LogP contribution >= 0.6 is 0 Å². The molecule has 3 atom stereocenters. The van der Waals surface area contributed by atoms with Gasteiger partial charge in [-0.05, 0) is 67.4 Å². The van der Waals surface area contributed by atoms with E-state index < -0.39 is 47.5 Å². The molecule has 1 aromatic heterocycles. The third-order valence-electron chi connectivity index (χ3n) is 12.2. The van der Waals surface area contributed by atoms with Gasteiger partial charge >= 0.3 is 6.01 Å². The zero-order chi connectivity index (χ0) is 36.9. The van der Waals surface area contributed by atoms with Gasteiger partial charge in [-0.25, -0.2) is 22.0 Å². The number of benzene rings is 3. The molecule has 3 aromatic carbocycles. The van der Waals surface area contributed by atoms with Crippen molar-refractivity contribution >= 4 is 33.4 Å². The number of rotatable bonds is 6. The Morgan fingerprint density at radius 3 is 2.58 bits per heavy atom. The fraction of sp³-hybridized carbons (Fsp3) is 0.475. The molecule has 4 aromatic rings. The summed E-state index contributed by atoms with van der Waals surface area (Å²) in [4.78, 5) is 27.9. The zero-order valence-electron chi connectivity index (χ0n) is 29.0. The average Bonchev–Trinajstić information content (AvgIpc) is 3.54. The van der Waals surface area contributed by atoms with Gasteiger partial charge in [0, 0.05) is 67.3 Å². The Morgan fingerprint density at radius 2 is 1.81 bits per heavy atom. The summed E-state index contributed by atoms with van der Waals surface area (Å²) in [5, 5.41) is 11.7. The van der Waals surface area contributed by atoms with Crippen LogP contribution in [-0.2, 0) is 4.79 Å². The minimum atomic E-state index is -2.94. The number of aromatic hydroxyl groups is 1. The van der Waals surface area contributed by atoms with Crippen LogP contribution in [0, 0.1) is 35.3 Å². The molecule has 4 saturated heterocycles. The Kier molecular flexibility index (Phi) is 7.82. The monoisotopic (exact) mass is 731 g/mol. The van der Waals surface area contributed by atoms with Crippen LogP contribution in [0.2, 0.25) is 0 Å². The van der Waals surface area contributed by atoms with Crippen LogP contribution in [0.5, 0.6) is 11.8 Å². The Bertz CT molecular complexity index is 2220. The molecule has 0 radical (unpaired) electrons. The quantitative estimate of drug-likeness (QED) is 0.172. The lowest BCUT2D eigenvalue weighted by Gasteiger charge is -2.51. The van der Waals surface area contributed by atoms with Crippen molar-refractivity contribution in [3.63, 3.8) is 0 Å². The number of alkyl halides is 3. The molecule has 53 heavy (non-hydrogen) atoms. The van der Waals surface area contributed by atoms with Gasteiger partial charge in [0.05, 0.1) is 11.1 Å². The average molecular weight is 732 g/mol. The summed E-state index contributed by atoms with van der Waals surface area (Å²) in [5.74, 6) is -3.47. The molecule has 5 aliphatic rings. The molecule has 1 aliphatic carbocycles. The van der Waals surface area contributed by atoms with Crippen molar-refractivity contribution in [3.05, 3.63) is 53.6 Å². The number of ether oxygens (including phenoxy) is 1. The van der Waals surface area contributed by atoms with Gasteiger partial charge in [-0.3, -0.25) is 9.69 Å². The summed E-state index contributed by atoms with van der Waals surface area (Å²) in [5.41, 5.74) is -0.781. The van der Waals surface area contributed by atoms with Crippen LogP contribution in [0.3, 0.4) is 0 Å². The van der Waals surface area contributed by atoms with E-state index in [1.807, 2.05) is 4.90 Å². The lowest BCUT2D eigenvalue weighted by Crippen LogP contribution is -2.62. The molecular formula is C40H38F5N5O3. The lowest BCUT2D eigenvalue weighted by atomic mass is 9.75. The maximum atomic E-state index is 17.1. The van der Waals surface area contributed by atoms with Gasteiger partial charge < -0.3 is 19.6 Å². The first-order valence-corrected chi connectivity index (χ1v) is 18.3. The van der Waals surface area contributed by atoms with Gasteiger partial charge in [-0.2, -0.15) is 9.97 Å².